The Morgan fingerprint density at radius 1 is 0.920 bits per heavy atom. The Hall–Kier alpha value is -3.15. The third kappa shape index (κ3) is 2.65. The third-order valence-corrected chi connectivity index (χ3v) is 3.97. The van der Waals surface area contributed by atoms with E-state index in [4.69, 9.17) is 0 Å². The molecule has 0 amide bonds. The lowest BCUT2D eigenvalue weighted by Gasteiger charge is -2.06. The number of benzene rings is 2. The van der Waals surface area contributed by atoms with E-state index in [1.807, 2.05) is 30.3 Å². The van der Waals surface area contributed by atoms with Crippen molar-refractivity contribution in [2.45, 2.75) is 6.92 Å². The van der Waals surface area contributed by atoms with Crippen molar-refractivity contribution in [2.75, 3.05) is 0 Å². The Morgan fingerprint density at radius 2 is 1.68 bits per heavy atom. The minimum Gasteiger partial charge on any atom is -0.342 e. The molecule has 0 spiro atoms. The number of aryl methyl sites for hydroxylation is 1. The molecule has 0 aliphatic heterocycles. The predicted octanol–water partition coefficient (Wildman–Crippen LogP) is 5.02. The Labute approximate surface area is 141 Å². The molecule has 2 heterocycles. The van der Waals surface area contributed by atoms with Gasteiger partial charge in [-0.05, 0) is 37.3 Å². The third-order valence-electron chi connectivity index (χ3n) is 3.97. The van der Waals surface area contributed by atoms with Crippen LogP contribution in [-0.2, 0) is 0 Å². The van der Waals surface area contributed by atoms with Crippen LogP contribution in [0.25, 0.3) is 33.4 Å². The summed E-state index contributed by atoms with van der Waals surface area (Å²) in [6.07, 6.45) is 1.71. The van der Waals surface area contributed by atoms with E-state index in [-0.39, 0.29) is 5.56 Å². The van der Waals surface area contributed by atoms with Crippen LogP contribution >= 0.6 is 0 Å². The average molecular weight is 339 g/mol. The molecule has 0 radical (unpaired) electrons. The van der Waals surface area contributed by atoms with Crippen LogP contribution < -0.4 is 0 Å². The van der Waals surface area contributed by atoms with Crippen molar-refractivity contribution in [1.29, 1.82) is 0 Å². The quantitative estimate of drug-likeness (QED) is 0.521. The second-order valence-electron chi connectivity index (χ2n) is 5.71. The normalized spacial score (nSPS) is 11.2. The van der Waals surface area contributed by atoms with Gasteiger partial charge in [-0.2, -0.15) is 0 Å². The molecule has 2 aromatic carbocycles. The number of nitrogens with one attached hydrogen (secondary N) is 1. The summed E-state index contributed by atoms with van der Waals surface area (Å²) in [5.41, 5.74) is 2.76. The van der Waals surface area contributed by atoms with Crippen molar-refractivity contribution >= 4 is 10.9 Å². The van der Waals surface area contributed by atoms with Crippen molar-refractivity contribution in [1.82, 2.24) is 15.0 Å². The number of hydrogen-bond donors (Lipinski definition) is 1. The zero-order valence-corrected chi connectivity index (χ0v) is 13.1. The summed E-state index contributed by atoms with van der Waals surface area (Å²) in [6.45, 7) is 1.74. The average Bonchev–Trinajstić information content (AvgIpc) is 3.00. The summed E-state index contributed by atoms with van der Waals surface area (Å²) in [7, 11) is 0. The molecule has 4 aromatic rings. The molecule has 124 valence electrons. The van der Waals surface area contributed by atoms with E-state index >= 15 is 0 Å². The molecule has 6 heteroatoms. The second kappa shape index (κ2) is 5.73. The van der Waals surface area contributed by atoms with Crippen molar-refractivity contribution < 1.29 is 13.2 Å². The number of H-pyrrole nitrogens is 1. The largest absolute Gasteiger partial charge is 0.342 e. The van der Waals surface area contributed by atoms with Gasteiger partial charge in [-0.25, -0.2) is 18.2 Å². The fourth-order valence-corrected chi connectivity index (χ4v) is 2.83. The maximum absolute atomic E-state index is 13.6. The first kappa shape index (κ1) is 15.4. The Balaban J connectivity index is 1.91. The van der Waals surface area contributed by atoms with E-state index < -0.39 is 17.5 Å². The highest BCUT2D eigenvalue weighted by Crippen LogP contribution is 2.32. The summed E-state index contributed by atoms with van der Waals surface area (Å²) in [4.78, 5) is 11.7. The van der Waals surface area contributed by atoms with E-state index in [0.717, 1.165) is 28.6 Å². The van der Waals surface area contributed by atoms with Crippen LogP contribution in [0.1, 0.15) is 5.82 Å². The van der Waals surface area contributed by atoms with Crippen molar-refractivity contribution in [3.05, 3.63) is 71.9 Å². The van der Waals surface area contributed by atoms with Gasteiger partial charge in [0.1, 0.15) is 5.82 Å². The maximum Gasteiger partial charge on any atom is 0.194 e. The monoisotopic (exact) mass is 339 g/mol. The minimum absolute atomic E-state index is 0.169. The molecule has 2 aromatic heterocycles. The number of rotatable bonds is 2. The Bertz CT molecular complexity index is 1080. The molecular weight excluding hydrogens is 327 g/mol. The SMILES string of the molecule is Cc1nc(-c2cc(F)c(F)c(F)c2)c(-c2ccc3ncccc3c2)[nH]1. The van der Waals surface area contributed by atoms with Crippen LogP contribution in [0.4, 0.5) is 13.2 Å². The Kier molecular flexibility index (Phi) is 3.53. The number of nitrogens with zero attached hydrogens (tertiary/aromatic N) is 2. The molecular formula is C19H12F3N3. The van der Waals surface area contributed by atoms with Crippen molar-refractivity contribution in [2.24, 2.45) is 0 Å². The number of aromatic amines is 1. The lowest BCUT2D eigenvalue weighted by Crippen LogP contribution is -1.93. The molecule has 0 bridgehead atoms. The predicted molar refractivity (Wildman–Crippen MR) is 89.4 cm³/mol. The van der Waals surface area contributed by atoms with Gasteiger partial charge in [0.15, 0.2) is 17.5 Å². The van der Waals surface area contributed by atoms with Gasteiger partial charge >= 0.3 is 0 Å². The number of halogens is 3. The van der Waals surface area contributed by atoms with Gasteiger partial charge in [0, 0.05) is 22.7 Å². The topological polar surface area (TPSA) is 41.6 Å². The number of imidazole rings is 1. The lowest BCUT2D eigenvalue weighted by molar-refractivity contribution is 0.447. The molecule has 0 aliphatic carbocycles. The number of hydrogen-bond acceptors (Lipinski definition) is 2. The fraction of sp³-hybridized carbons (Fsp3) is 0.0526. The van der Waals surface area contributed by atoms with Crippen molar-refractivity contribution in [3.63, 3.8) is 0 Å². The second-order valence-corrected chi connectivity index (χ2v) is 5.71. The highest BCUT2D eigenvalue weighted by molar-refractivity contribution is 5.87. The van der Waals surface area contributed by atoms with Crippen LogP contribution in [0.5, 0.6) is 0 Å². The number of aromatic nitrogens is 3. The summed E-state index contributed by atoms with van der Waals surface area (Å²) < 4.78 is 40.5. The smallest absolute Gasteiger partial charge is 0.194 e. The maximum atomic E-state index is 13.6. The van der Waals surface area contributed by atoms with Gasteiger partial charge in [0.2, 0.25) is 0 Å². The Morgan fingerprint density at radius 3 is 2.44 bits per heavy atom. The molecule has 1 N–H and O–H groups in total. The zero-order valence-electron chi connectivity index (χ0n) is 13.1. The minimum atomic E-state index is -1.49. The van der Waals surface area contributed by atoms with Gasteiger partial charge < -0.3 is 4.98 Å². The molecule has 0 atom stereocenters. The first-order chi connectivity index (χ1) is 12.0. The lowest BCUT2D eigenvalue weighted by atomic mass is 10.0. The van der Waals surface area contributed by atoms with E-state index in [1.54, 1.807) is 13.1 Å². The summed E-state index contributed by atoms with van der Waals surface area (Å²) in [6, 6.07) is 11.3. The first-order valence-electron chi connectivity index (χ1n) is 7.59. The van der Waals surface area contributed by atoms with E-state index in [9.17, 15) is 13.2 Å². The molecule has 0 saturated heterocycles. The number of pyridine rings is 1. The van der Waals surface area contributed by atoms with Crippen LogP contribution in [0.3, 0.4) is 0 Å². The first-order valence-corrected chi connectivity index (χ1v) is 7.59. The molecule has 0 saturated carbocycles. The number of fused-ring (bicyclic) bond motifs is 1. The highest BCUT2D eigenvalue weighted by atomic mass is 19.2. The van der Waals surface area contributed by atoms with E-state index in [2.05, 4.69) is 15.0 Å². The molecule has 0 aliphatic rings. The van der Waals surface area contributed by atoms with Gasteiger partial charge in [-0.3, -0.25) is 4.98 Å². The molecule has 0 unspecified atom stereocenters. The van der Waals surface area contributed by atoms with Crippen LogP contribution in [0, 0.1) is 24.4 Å². The zero-order chi connectivity index (χ0) is 17.6. The molecule has 0 fully saturated rings. The summed E-state index contributed by atoms with van der Waals surface area (Å²) in [5, 5.41) is 0.926. The molecule has 3 nitrogen and oxygen atoms in total. The fourth-order valence-electron chi connectivity index (χ4n) is 2.83. The van der Waals surface area contributed by atoms with Gasteiger partial charge in [-0.15, -0.1) is 0 Å². The summed E-state index contributed by atoms with van der Waals surface area (Å²) in [5.74, 6) is -3.40. The van der Waals surface area contributed by atoms with Gasteiger partial charge in [0.05, 0.1) is 16.9 Å². The van der Waals surface area contributed by atoms with Gasteiger partial charge in [0.25, 0.3) is 0 Å². The highest BCUT2D eigenvalue weighted by Gasteiger charge is 2.17. The van der Waals surface area contributed by atoms with E-state index in [0.29, 0.717) is 17.2 Å². The standard InChI is InChI=1S/C19H12F3N3/c1-10-24-18(12-4-5-16-11(7-12)3-2-6-23-16)19(25-10)13-8-14(20)17(22)15(21)9-13/h2-9H,1H3,(H,24,25). The molecule has 25 heavy (non-hydrogen) atoms. The van der Waals surface area contributed by atoms with Crippen LogP contribution in [0.2, 0.25) is 0 Å². The molecule has 4 rings (SSSR count). The van der Waals surface area contributed by atoms with Crippen LogP contribution in [0.15, 0.2) is 48.7 Å². The van der Waals surface area contributed by atoms with Crippen LogP contribution in [-0.4, -0.2) is 15.0 Å². The van der Waals surface area contributed by atoms with E-state index in [1.165, 1.54) is 0 Å². The van der Waals surface area contributed by atoms with Crippen molar-refractivity contribution in [3.8, 4) is 22.5 Å². The van der Waals surface area contributed by atoms with Gasteiger partial charge in [-0.1, -0.05) is 12.1 Å². The summed E-state index contributed by atoms with van der Waals surface area (Å²) >= 11 is 0.